The minimum Gasteiger partial charge on any atom is -0.352 e. The maximum Gasteiger partial charge on any atom is 0.251 e. The van der Waals surface area contributed by atoms with Crippen LogP contribution < -0.4 is 5.32 Å². The van der Waals surface area contributed by atoms with Gasteiger partial charge in [-0.25, -0.2) is 4.98 Å². The summed E-state index contributed by atoms with van der Waals surface area (Å²) in [5, 5.41) is 2.83. The average molecular weight is 269 g/mol. The monoisotopic (exact) mass is 269 g/mol. The molecule has 2 aromatic rings. The number of amides is 1. The Morgan fingerprint density at radius 1 is 1.55 bits per heavy atom. The summed E-state index contributed by atoms with van der Waals surface area (Å²) in [6, 6.07) is 5.71. The number of rotatable bonds is 5. The smallest absolute Gasteiger partial charge is 0.251 e. The van der Waals surface area contributed by atoms with Gasteiger partial charge in [-0.05, 0) is 38.0 Å². The van der Waals surface area contributed by atoms with Gasteiger partial charge in [0.25, 0.3) is 5.91 Å². The minimum absolute atomic E-state index is 0.0336. The van der Waals surface area contributed by atoms with Crippen molar-refractivity contribution in [3.05, 3.63) is 42.2 Å². The van der Waals surface area contributed by atoms with E-state index in [1.54, 1.807) is 0 Å². The van der Waals surface area contributed by atoms with E-state index in [1.165, 1.54) is 12.8 Å². The number of imidazole rings is 1. The van der Waals surface area contributed by atoms with Crippen molar-refractivity contribution in [3.63, 3.8) is 0 Å². The summed E-state index contributed by atoms with van der Waals surface area (Å²) in [5.74, 6) is 1.68. The summed E-state index contributed by atoms with van der Waals surface area (Å²) in [5.41, 5.74) is 2.67. The van der Waals surface area contributed by atoms with Crippen molar-refractivity contribution in [3.8, 4) is 0 Å². The van der Waals surface area contributed by atoms with Gasteiger partial charge in [0.2, 0.25) is 0 Å². The Kier molecular flexibility index (Phi) is 3.30. The molecule has 1 N–H and O–H groups in total. The fourth-order valence-electron chi connectivity index (χ4n) is 2.52. The first-order valence-corrected chi connectivity index (χ1v) is 7.14. The van der Waals surface area contributed by atoms with Crippen molar-refractivity contribution in [1.82, 2.24) is 14.9 Å². The summed E-state index contributed by atoms with van der Waals surface area (Å²) in [4.78, 5) is 16.7. The van der Waals surface area contributed by atoms with E-state index in [0.29, 0.717) is 18.0 Å². The molecule has 104 valence electrons. The Bertz CT molecular complexity index is 668. The molecule has 0 bridgehead atoms. The number of nitrogens with one attached hydrogen (secondary N) is 1. The van der Waals surface area contributed by atoms with E-state index in [4.69, 9.17) is 4.98 Å². The molecule has 1 aliphatic rings. The first-order chi connectivity index (χ1) is 9.74. The molecule has 0 unspecified atom stereocenters. The number of hydrogen-bond donors (Lipinski definition) is 1. The van der Waals surface area contributed by atoms with Crippen molar-refractivity contribution in [2.45, 2.75) is 32.2 Å². The zero-order chi connectivity index (χ0) is 14.1. The van der Waals surface area contributed by atoms with Gasteiger partial charge in [-0.1, -0.05) is 6.08 Å². The second-order valence-electron chi connectivity index (χ2n) is 5.21. The van der Waals surface area contributed by atoms with Gasteiger partial charge in [-0.2, -0.15) is 0 Å². The van der Waals surface area contributed by atoms with E-state index in [-0.39, 0.29) is 5.91 Å². The van der Waals surface area contributed by atoms with Gasteiger partial charge in [-0.15, -0.1) is 6.58 Å². The summed E-state index contributed by atoms with van der Waals surface area (Å²) in [6.45, 7) is 7.11. The number of allylic oxidation sites excluding steroid dienone is 1. The summed E-state index contributed by atoms with van der Waals surface area (Å²) >= 11 is 0. The van der Waals surface area contributed by atoms with E-state index in [2.05, 4.69) is 16.5 Å². The molecule has 4 nitrogen and oxygen atoms in total. The van der Waals surface area contributed by atoms with Gasteiger partial charge in [0.05, 0.1) is 11.0 Å². The average Bonchev–Trinajstić information content (AvgIpc) is 3.23. The Hall–Kier alpha value is -2.10. The fraction of sp³-hybridized carbons (Fsp3) is 0.375. The number of benzene rings is 1. The number of nitrogens with zero attached hydrogens (tertiary/aromatic N) is 2. The summed E-state index contributed by atoms with van der Waals surface area (Å²) in [7, 11) is 0. The first-order valence-electron chi connectivity index (χ1n) is 7.14. The number of aromatic nitrogens is 2. The zero-order valence-corrected chi connectivity index (χ0v) is 11.7. The molecule has 20 heavy (non-hydrogen) atoms. The fourth-order valence-corrected chi connectivity index (χ4v) is 2.52. The molecule has 1 saturated carbocycles. The van der Waals surface area contributed by atoms with Crippen molar-refractivity contribution in [2.75, 3.05) is 6.54 Å². The SMILES string of the molecule is C=CCn1c(C2CC2)nc2ccc(C(=O)NCC)cc21. The largest absolute Gasteiger partial charge is 0.352 e. The lowest BCUT2D eigenvalue weighted by Crippen LogP contribution is -2.22. The molecular formula is C16H19N3O. The van der Waals surface area contributed by atoms with Gasteiger partial charge in [-0.3, -0.25) is 4.79 Å². The predicted octanol–water partition coefficient (Wildman–Crippen LogP) is 2.85. The van der Waals surface area contributed by atoms with Crippen LogP contribution in [0.15, 0.2) is 30.9 Å². The number of carbonyl (C=O) groups excluding carboxylic acids is 1. The van der Waals surface area contributed by atoms with E-state index < -0.39 is 0 Å². The Labute approximate surface area is 118 Å². The van der Waals surface area contributed by atoms with E-state index in [1.807, 2.05) is 31.2 Å². The van der Waals surface area contributed by atoms with Crippen molar-refractivity contribution < 1.29 is 4.79 Å². The van der Waals surface area contributed by atoms with Crippen LogP contribution in [0.5, 0.6) is 0 Å². The third-order valence-electron chi connectivity index (χ3n) is 3.63. The molecule has 0 aliphatic heterocycles. The van der Waals surface area contributed by atoms with Crippen molar-refractivity contribution >= 4 is 16.9 Å². The Morgan fingerprint density at radius 2 is 2.35 bits per heavy atom. The molecule has 0 atom stereocenters. The van der Waals surface area contributed by atoms with Crippen LogP contribution in [-0.4, -0.2) is 22.0 Å². The standard InChI is InChI=1S/C16H19N3O/c1-3-9-19-14-10-12(16(20)17-4-2)7-8-13(14)18-15(19)11-5-6-11/h3,7-8,10-11H,1,4-6,9H2,2H3,(H,17,20). The minimum atomic E-state index is -0.0336. The lowest BCUT2D eigenvalue weighted by molar-refractivity contribution is 0.0956. The second kappa shape index (κ2) is 5.12. The molecule has 4 heteroatoms. The topological polar surface area (TPSA) is 46.9 Å². The molecule has 1 aromatic heterocycles. The molecule has 3 rings (SSSR count). The highest BCUT2D eigenvalue weighted by atomic mass is 16.1. The van der Waals surface area contributed by atoms with E-state index >= 15 is 0 Å². The quantitative estimate of drug-likeness (QED) is 0.848. The molecule has 0 radical (unpaired) electrons. The van der Waals surface area contributed by atoms with Crippen molar-refractivity contribution in [1.29, 1.82) is 0 Å². The van der Waals surface area contributed by atoms with Crippen LogP contribution in [0.25, 0.3) is 11.0 Å². The highest BCUT2D eigenvalue weighted by Gasteiger charge is 2.29. The zero-order valence-electron chi connectivity index (χ0n) is 11.7. The lowest BCUT2D eigenvalue weighted by Gasteiger charge is -2.06. The van der Waals surface area contributed by atoms with Gasteiger partial charge in [0, 0.05) is 24.6 Å². The Balaban J connectivity index is 2.09. The van der Waals surface area contributed by atoms with Gasteiger partial charge in [0.15, 0.2) is 0 Å². The maximum absolute atomic E-state index is 11.9. The third-order valence-corrected chi connectivity index (χ3v) is 3.63. The van der Waals surface area contributed by atoms with Gasteiger partial charge >= 0.3 is 0 Å². The van der Waals surface area contributed by atoms with Crippen LogP contribution in [0.2, 0.25) is 0 Å². The second-order valence-corrected chi connectivity index (χ2v) is 5.21. The van der Waals surface area contributed by atoms with Crippen molar-refractivity contribution in [2.24, 2.45) is 0 Å². The Morgan fingerprint density at radius 3 is 3.00 bits per heavy atom. The van der Waals surface area contributed by atoms with Gasteiger partial charge < -0.3 is 9.88 Å². The van der Waals surface area contributed by atoms with Crippen LogP contribution in [-0.2, 0) is 6.54 Å². The van der Waals surface area contributed by atoms with E-state index in [0.717, 1.165) is 23.4 Å². The summed E-state index contributed by atoms with van der Waals surface area (Å²) in [6.07, 6.45) is 4.30. The lowest BCUT2D eigenvalue weighted by atomic mass is 10.2. The van der Waals surface area contributed by atoms with E-state index in [9.17, 15) is 4.79 Å². The molecule has 1 fully saturated rings. The molecule has 0 spiro atoms. The first kappa shape index (κ1) is 12.9. The number of carbonyl (C=O) groups is 1. The molecular weight excluding hydrogens is 250 g/mol. The van der Waals surface area contributed by atoms with Crippen LogP contribution in [0.4, 0.5) is 0 Å². The van der Waals surface area contributed by atoms with Crippen LogP contribution in [0.1, 0.15) is 41.9 Å². The third kappa shape index (κ3) is 2.22. The van der Waals surface area contributed by atoms with Gasteiger partial charge in [0.1, 0.15) is 5.82 Å². The molecule has 1 aliphatic carbocycles. The molecule has 0 saturated heterocycles. The normalized spacial score (nSPS) is 14.4. The molecule has 1 amide bonds. The maximum atomic E-state index is 11.9. The van der Waals surface area contributed by atoms with Crippen LogP contribution in [0.3, 0.4) is 0 Å². The highest BCUT2D eigenvalue weighted by Crippen LogP contribution is 2.40. The summed E-state index contributed by atoms with van der Waals surface area (Å²) < 4.78 is 2.18. The molecule has 1 heterocycles. The predicted molar refractivity (Wildman–Crippen MR) is 79.9 cm³/mol. The van der Waals surface area contributed by atoms with Crippen LogP contribution in [0, 0.1) is 0 Å². The highest BCUT2D eigenvalue weighted by molar-refractivity contribution is 5.97. The number of hydrogen-bond acceptors (Lipinski definition) is 2. The van der Waals surface area contributed by atoms with Crippen LogP contribution >= 0.6 is 0 Å². The number of fused-ring (bicyclic) bond motifs is 1. The molecule has 1 aromatic carbocycles.